The molecule has 0 aromatic rings. The third kappa shape index (κ3) is 3.96. The number of hydrogen-bond donors (Lipinski definition) is 1. The van der Waals surface area contributed by atoms with Crippen molar-refractivity contribution in [1.29, 1.82) is 0 Å². The van der Waals surface area contributed by atoms with E-state index in [1.54, 1.807) is 0 Å². The minimum Gasteiger partial charge on any atom is -0.325 e. The van der Waals surface area contributed by atoms with E-state index in [-0.39, 0.29) is 11.0 Å². The average molecular weight is 238 g/mol. The lowest BCUT2D eigenvalue weighted by Gasteiger charge is -2.42. The maximum absolute atomic E-state index is 6.33. The molecule has 0 unspecified atom stereocenters. The van der Waals surface area contributed by atoms with Crippen molar-refractivity contribution in [1.82, 2.24) is 4.90 Å². The molecule has 2 aliphatic carbocycles. The van der Waals surface area contributed by atoms with Crippen molar-refractivity contribution in [3.8, 4) is 0 Å². The van der Waals surface area contributed by atoms with Crippen molar-refractivity contribution in [2.45, 2.75) is 58.9 Å². The van der Waals surface area contributed by atoms with E-state index in [0.29, 0.717) is 0 Å². The smallest absolute Gasteiger partial charge is 0.0161 e. The number of hydrogen-bond acceptors (Lipinski definition) is 2. The average Bonchev–Trinajstić information content (AvgIpc) is 2.96. The van der Waals surface area contributed by atoms with Gasteiger partial charge in [-0.25, -0.2) is 0 Å². The molecule has 0 bridgehead atoms. The molecule has 0 spiro atoms. The SMILES string of the molecule is CC(C)(N)C(C)(C)CN(CC1CC1)CC1CC1. The van der Waals surface area contributed by atoms with Gasteiger partial charge in [-0.05, 0) is 56.8 Å². The standard InChI is InChI=1S/C15H30N2/c1-14(2,15(3,4)16)11-17(9-12-5-6-12)10-13-7-8-13/h12-13H,5-11,16H2,1-4H3. The van der Waals surface area contributed by atoms with Crippen molar-refractivity contribution >= 4 is 0 Å². The molecule has 0 radical (unpaired) electrons. The predicted octanol–water partition coefficient (Wildman–Crippen LogP) is 2.87. The Bertz CT molecular complexity index is 243. The number of rotatable bonds is 7. The van der Waals surface area contributed by atoms with Crippen molar-refractivity contribution in [2.75, 3.05) is 19.6 Å². The van der Waals surface area contributed by atoms with Gasteiger partial charge < -0.3 is 10.6 Å². The molecule has 0 aromatic carbocycles. The third-order valence-corrected chi connectivity index (χ3v) is 4.79. The van der Waals surface area contributed by atoms with Crippen LogP contribution in [0.3, 0.4) is 0 Å². The van der Waals surface area contributed by atoms with Crippen LogP contribution in [0.1, 0.15) is 53.4 Å². The number of nitrogens with zero attached hydrogens (tertiary/aromatic N) is 1. The first-order valence-electron chi connectivity index (χ1n) is 7.29. The Kier molecular flexibility index (Phi) is 3.57. The zero-order chi connectivity index (χ0) is 12.7. The monoisotopic (exact) mass is 238 g/mol. The Morgan fingerprint density at radius 1 is 0.941 bits per heavy atom. The van der Waals surface area contributed by atoms with E-state index in [0.717, 1.165) is 18.4 Å². The highest BCUT2D eigenvalue weighted by Gasteiger charge is 2.37. The van der Waals surface area contributed by atoms with Crippen molar-refractivity contribution < 1.29 is 0 Å². The molecule has 2 rings (SSSR count). The second kappa shape index (κ2) is 4.55. The minimum atomic E-state index is -0.0989. The molecule has 17 heavy (non-hydrogen) atoms. The van der Waals surface area contributed by atoms with Gasteiger partial charge in [0.1, 0.15) is 0 Å². The molecule has 0 amide bonds. The highest BCUT2D eigenvalue weighted by Crippen LogP contribution is 2.36. The van der Waals surface area contributed by atoms with Gasteiger partial charge in [0.05, 0.1) is 0 Å². The molecule has 2 fully saturated rings. The molecule has 2 nitrogen and oxygen atoms in total. The second-order valence-electron chi connectivity index (χ2n) is 7.69. The minimum absolute atomic E-state index is 0.0989. The van der Waals surface area contributed by atoms with E-state index in [9.17, 15) is 0 Å². The van der Waals surface area contributed by atoms with Crippen molar-refractivity contribution in [3.63, 3.8) is 0 Å². The quantitative estimate of drug-likeness (QED) is 0.739. The summed E-state index contributed by atoms with van der Waals surface area (Å²) in [4.78, 5) is 2.70. The Labute approximate surface area is 107 Å². The van der Waals surface area contributed by atoms with Gasteiger partial charge in [-0.3, -0.25) is 0 Å². The summed E-state index contributed by atoms with van der Waals surface area (Å²) in [7, 11) is 0. The molecule has 2 saturated carbocycles. The predicted molar refractivity (Wildman–Crippen MR) is 73.9 cm³/mol. The summed E-state index contributed by atoms with van der Waals surface area (Å²) >= 11 is 0. The summed E-state index contributed by atoms with van der Waals surface area (Å²) in [6, 6.07) is 0. The van der Waals surface area contributed by atoms with Gasteiger partial charge in [0, 0.05) is 25.2 Å². The van der Waals surface area contributed by atoms with Gasteiger partial charge in [0.15, 0.2) is 0 Å². The maximum atomic E-state index is 6.33. The summed E-state index contributed by atoms with van der Waals surface area (Å²) < 4.78 is 0. The van der Waals surface area contributed by atoms with Gasteiger partial charge in [-0.15, -0.1) is 0 Å². The molecule has 2 aliphatic rings. The molecule has 0 aliphatic heterocycles. The lowest BCUT2D eigenvalue weighted by molar-refractivity contribution is 0.106. The van der Waals surface area contributed by atoms with Crippen molar-refractivity contribution in [3.05, 3.63) is 0 Å². The van der Waals surface area contributed by atoms with Crippen LogP contribution in [0, 0.1) is 17.3 Å². The fourth-order valence-electron chi connectivity index (χ4n) is 2.30. The highest BCUT2D eigenvalue weighted by atomic mass is 15.1. The maximum Gasteiger partial charge on any atom is 0.0161 e. The van der Waals surface area contributed by atoms with E-state index in [4.69, 9.17) is 5.73 Å². The molecular weight excluding hydrogens is 208 g/mol. The summed E-state index contributed by atoms with van der Waals surface area (Å²) in [6.07, 6.45) is 5.81. The largest absolute Gasteiger partial charge is 0.325 e. The van der Waals surface area contributed by atoms with Gasteiger partial charge in [0.25, 0.3) is 0 Å². The Morgan fingerprint density at radius 3 is 1.65 bits per heavy atom. The number of nitrogens with two attached hydrogens (primary N) is 1. The molecule has 0 heterocycles. The molecule has 0 atom stereocenters. The molecular formula is C15H30N2. The van der Waals surface area contributed by atoms with E-state index < -0.39 is 0 Å². The van der Waals surface area contributed by atoms with Crippen molar-refractivity contribution in [2.24, 2.45) is 23.0 Å². The molecule has 2 heteroatoms. The Hall–Kier alpha value is -0.0800. The van der Waals surface area contributed by atoms with Crippen LogP contribution in [0.4, 0.5) is 0 Å². The van der Waals surface area contributed by atoms with Gasteiger partial charge in [0.2, 0.25) is 0 Å². The van der Waals surface area contributed by atoms with Gasteiger partial charge in [-0.1, -0.05) is 13.8 Å². The summed E-state index contributed by atoms with van der Waals surface area (Å²) in [6.45, 7) is 12.8. The van der Waals surface area contributed by atoms with Crippen LogP contribution in [0.25, 0.3) is 0 Å². The van der Waals surface area contributed by atoms with Crippen LogP contribution in [-0.4, -0.2) is 30.1 Å². The van der Waals surface area contributed by atoms with Crippen LogP contribution < -0.4 is 5.73 Å². The second-order valence-corrected chi connectivity index (χ2v) is 7.69. The van der Waals surface area contributed by atoms with Crippen LogP contribution in [0.5, 0.6) is 0 Å². The Morgan fingerprint density at radius 2 is 1.35 bits per heavy atom. The topological polar surface area (TPSA) is 29.3 Å². The van der Waals surface area contributed by atoms with Crippen LogP contribution in [-0.2, 0) is 0 Å². The first kappa shape index (κ1) is 13.4. The third-order valence-electron chi connectivity index (χ3n) is 4.79. The molecule has 2 N–H and O–H groups in total. The fraction of sp³-hybridized carbons (Fsp3) is 1.00. The van der Waals surface area contributed by atoms with Gasteiger partial charge in [-0.2, -0.15) is 0 Å². The fourth-order valence-corrected chi connectivity index (χ4v) is 2.30. The van der Waals surface area contributed by atoms with E-state index in [1.165, 1.54) is 38.8 Å². The lowest BCUT2D eigenvalue weighted by Crippen LogP contribution is -2.53. The van der Waals surface area contributed by atoms with E-state index in [2.05, 4.69) is 32.6 Å². The zero-order valence-electron chi connectivity index (χ0n) is 12.1. The molecule has 100 valence electrons. The lowest BCUT2D eigenvalue weighted by atomic mass is 9.75. The van der Waals surface area contributed by atoms with E-state index in [1.807, 2.05) is 0 Å². The zero-order valence-corrected chi connectivity index (χ0v) is 12.1. The normalized spacial score (nSPS) is 22.2. The van der Waals surface area contributed by atoms with E-state index >= 15 is 0 Å². The first-order chi connectivity index (χ1) is 7.78. The van der Waals surface area contributed by atoms with Crippen LogP contribution in [0.2, 0.25) is 0 Å². The van der Waals surface area contributed by atoms with Crippen LogP contribution >= 0.6 is 0 Å². The molecule has 0 saturated heterocycles. The van der Waals surface area contributed by atoms with Gasteiger partial charge >= 0.3 is 0 Å². The first-order valence-corrected chi connectivity index (χ1v) is 7.29. The summed E-state index contributed by atoms with van der Waals surface area (Å²) in [5, 5.41) is 0. The molecule has 0 aromatic heterocycles. The van der Waals surface area contributed by atoms with Crippen LogP contribution in [0.15, 0.2) is 0 Å². The summed E-state index contributed by atoms with van der Waals surface area (Å²) in [5.74, 6) is 1.98. The Balaban J connectivity index is 1.89. The highest BCUT2D eigenvalue weighted by molar-refractivity contribution is 4.94. The summed E-state index contributed by atoms with van der Waals surface area (Å²) in [5.41, 5.74) is 6.42.